The highest BCUT2D eigenvalue weighted by Gasteiger charge is 2.26. The third-order valence-corrected chi connectivity index (χ3v) is 2.73. The van der Waals surface area contributed by atoms with Gasteiger partial charge in [-0.3, -0.25) is 0 Å². The fourth-order valence-electron chi connectivity index (χ4n) is 1.53. The first-order chi connectivity index (χ1) is 9.10. The molecule has 0 spiro atoms. The Balaban J connectivity index is 2.62. The van der Waals surface area contributed by atoms with Crippen molar-refractivity contribution < 1.29 is 24.5 Å². The van der Waals surface area contributed by atoms with Gasteiger partial charge in [-0.2, -0.15) is 0 Å². The third-order valence-electron chi connectivity index (χ3n) is 2.73. The van der Waals surface area contributed by atoms with E-state index in [1.807, 2.05) is 0 Å². The number of esters is 1. The molecule has 0 fully saturated rings. The molecule has 2 N–H and O–H groups in total. The summed E-state index contributed by atoms with van der Waals surface area (Å²) in [6, 6.07) is 6.60. The minimum atomic E-state index is -1.59. The van der Waals surface area contributed by atoms with Crippen LogP contribution in [0.15, 0.2) is 24.3 Å². The molecule has 1 aromatic rings. The fourth-order valence-corrected chi connectivity index (χ4v) is 1.53. The lowest BCUT2D eigenvalue weighted by atomic mass is 10.0. The zero-order chi connectivity index (χ0) is 14.3. The summed E-state index contributed by atoms with van der Waals surface area (Å²) >= 11 is 0. The molecular formula is C14H20O5. The van der Waals surface area contributed by atoms with Crippen LogP contribution in [0.2, 0.25) is 0 Å². The predicted molar refractivity (Wildman–Crippen MR) is 69.8 cm³/mol. The Bertz CT molecular complexity index is 387. The first kappa shape index (κ1) is 15.5. The molecule has 0 saturated carbocycles. The van der Waals surface area contributed by atoms with Gasteiger partial charge in [0.25, 0.3) is 0 Å². The molecule has 0 aliphatic carbocycles. The van der Waals surface area contributed by atoms with Crippen molar-refractivity contribution in [2.24, 2.45) is 0 Å². The lowest BCUT2D eigenvalue weighted by Gasteiger charge is -2.16. The van der Waals surface area contributed by atoms with Gasteiger partial charge >= 0.3 is 5.97 Å². The number of benzene rings is 1. The molecule has 2 atom stereocenters. The smallest absolute Gasteiger partial charge is 0.337 e. The van der Waals surface area contributed by atoms with Gasteiger partial charge in [-0.1, -0.05) is 25.5 Å². The van der Waals surface area contributed by atoms with Crippen molar-refractivity contribution in [2.75, 3.05) is 13.7 Å². The van der Waals surface area contributed by atoms with Crippen LogP contribution in [0.25, 0.3) is 0 Å². The molecule has 0 aliphatic rings. The molecule has 1 aromatic carbocycles. The maximum atomic E-state index is 11.1. The van der Waals surface area contributed by atoms with Crippen LogP contribution in [0.3, 0.4) is 0 Å². The van der Waals surface area contributed by atoms with Gasteiger partial charge in [0.05, 0.1) is 13.7 Å². The maximum Gasteiger partial charge on any atom is 0.337 e. The molecule has 106 valence electrons. The molecule has 0 heterocycles. The van der Waals surface area contributed by atoms with Crippen molar-refractivity contribution in [3.63, 3.8) is 0 Å². The minimum Gasteiger partial charge on any atom is -0.494 e. The van der Waals surface area contributed by atoms with Gasteiger partial charge in [-0.15, -0.1) is 0 Å². The topological polar surface area (TPSA) is 76.0 Å². The standard InChI is InChI=1S/C14H20O5/c1-3-4-9-19-11-7-5-10(6-8-11)12(15)13(16)14(17)18-2/h5-8,12-13,15-16H,3-4,9H2,1-2H3. The van der Waals surface area contributed by atoms with Crippen molar-refractivity contribution in [1.82, 2.24) is 0 Å². The van der Waals surface area contributed by atoms with E-state index in [1.54, 1.807) is 24.3 Å². The van der Waals surface area contributed by atoms with E-state index >= 15 is 0 Å². The zero-order valence-corrected chi connectivity index (χ0v) is 11.2. The SMILES string of the molecule is CCCCOc1ccc(C(O)C(O)C(=O)OC)cc1. The van der Waals surface area contributed by atoms with E-state index in [9.17, 15) is 15.0 Å². The molecule has 5 nitrogen and oxygen atoms in total. The first-order valence-electron chi connectivity index (χ1n) is 6.26. The van der Waals surface area contributed by atoms with Gasteiger partial charge in [-0.05, 0) is 24.1 Å². The highest BCUT2D eigenvalue weighted by atomic mass is 16.5. The van der Waals surface area contributed by atoms with Crippen molar-refractivity contribution in [3.8, 4) is 5.75 Å². The molecule has 1 rings (SSSR count). The lowest BCUT2D eigenvalue weighted by molar-refractivity contribution is -0.156. The average molecular weight is 268 g/mol. The van der Waals surface area contributed by atoms with Crippen LogP contribution in [-0.4, -0.2) is 36.0 Å². The second-order valence-electron chi connectivity index (χ2n) is 4.18. The van der Waals surface area contributed by atoms with Gasteiger partial charge in [0.15, 0.2) is 6.10 Å². The van der Waals surface area contributed by atoms with E-state index < -0.39 is 18.2 Å². The van der Waals surface area contributed by atoms with Crippen LogP contribution in [0.5, 0.6) is 5.75 Å². The van der Waals surface area contributed by atoms with Crippen molar-refractivity contribution >= 4 is 5.97 Å². The van der Waals surface area contributed by atoms with Crippen LogP contribution in [0, 0.1) is 0 Å². The Morgan fingerprint density at radius 3 is 2.42 bits per heavy atom. The first-order valence-corrected chi connectivity index (χ1v) is 6.26. The predicted octanol–water partition coefficient (Wildman–Crippen LogP) is 1.43. The number of carbonyl (C=O) groups excluding carboxylic acids is 1. The van der Waals surface area contributed by atoms with Gasteiger partial charge < -0.3 is 19.7 Å². The van der Waals surface area contributed by atoms with Crippen LogP contribution in [0.1, 0.15) is 31.4 Å². The normalized spacial score (nSPS) is 13.7. The van der Waals surface area contributed by atoms with Crippen molar-refractivity contribution in [2.45, 2.75) is 32.0 Å². The van der Waals surface area contributed by atoms with E-state index in [0.717, 1.165) is 20.0 Å². The second-order valence-corrected chi connectivity index (χ2v) is 4.18. The summed E-state index contributed by atoms with van der Waals surface area (Å²) < 4.78 is 9.84. The van der Waals surface area contributed by atoms with Gasteiger partial charge in [0, 0.05) is 0 Å². The highest BCUT2D eigenvalue weighted by molar-refractivity contribution is 5.75. The van der Waals surface area contributed by atoms with E-state index in [-0.39, 0.29) is 0 Å². The molecular weight excluding hydrogens is 248 g/mol. The number of aliphatic hydroxyl groups excluding tert-OH is 2. The zero-order valence-electron chi connectivity index (χ0n) is 11.2. The maximum absolute atomic E-state index is 11.1. The Morgan fingerprint density at radius 1 is 1.26 bits per heavy atom. The number of ether oxygens (including phenoxy) is 2. The van der Waals surface area contributed by atoms with Gasteiger partial charge in [0.1, 0.15) is 11.9 Å². The molecule has 0 radical (unpaired) electrons. The van der Waals surface area contributed by atoms with Gasteiger partial charge in [0.2, 0.25) is 0 Å². The lowest BCUT2D eigenvalue weighted by Crippen LogP contribution is -2.28. The number of hydrogen-bond acceptors (Lipinski definition) is 5. The molecule has 19 heavy (non-hydrogen) atoms. The molecule has 2 unspecified atom stereocenters. The van der Waals surface area contributed by atoms with Gasteiger partial charge in [-0.25, -0.2) is 4.79 Å². The van der Waals surface area contributed by atoms with Crippen LogP contribution < -0.4 is 4.74 Å². The third kappa shape index (κ3) is 4.54. The summed E-state index contributed by atoms with van der Waals surface area (Å²) in [6.45, 7) is 2.72. The summed E-state index contributed by atoms with van der Waals surface area (Å²) in [5.41, 5.74) is 0.431. The number of unbranched alkanes of at least 4 members (excludes halogenated alkanes) is 1. The summed E-state index contributed by atoms with van der Waals surface area (Å²) in [6.07, 6.45) is -0.859. The largest absolute Gasteiger partial charge is 0.494 e. The number of carbonyl (C=O) groups is 1. The fraction of sp³-hybridized carbons (Fsp3) is 0.500. The molecule has 0 saturated heterocycles. The summed E-state index contributed by atoms with van der Waals surface area (Å²) in [5.74, 6) is -0.173. The summed E-state index contributed by atoms with van der Waals surface area (Å²) in [5, 5.41) is 19.3. The van der Waals surface area contributed by atoms with Crippen LogP contribution >= 0.6 is 0 Å². The Kier molecular flexibility index (Phi) is 6.32. The molecule has 0 aliphatic heterocycles. The van der Waals surface area contributed by atoms with Crippen LogP contribution in [0.4, 0.5) is 0 Å². The van der Waals surface area contributed by atoms with Crippen molar-refractivity contribution in [3.05, 3.63) is 29.8 Å². The average Bonchev–Trinajstić information content (AvgIpc) is 2.46. The number of hydrogen-bond donors (Lipinski definition) is 2. The van der Waals surface area contributed by atoms with E-state index in [2.05, 4.69) is 11.7 Å². The van der Waals surface area contributed by atoms with Crippen LogP contribution in [-0.2, 0) is 9.53 Å². The Labute approximate surface area is 112 Å². The molecule has 0 amide bonds. The summed E-state index contributed by atoms with van der Waals surface area (Å²) in [7, 11) is 1.16. The Hall–Kier alpha value is -1.59. The number of rotatable bonds is 7. The quantitative estimate of drug-likeness (QED) is 0.578. The minimum absolute atomic E-state index is 0.431. The highest BCUT2D eigenvalue weighted by Crippen LogP contribution is 2.21. The van der Waals surface area contributed by atoms with E-state index in [0.29, 0.717) is 17.9 Å². The van der Waals surface area contributed by atoms with E-state index in [4.69, 9.17) is 4.74 Å². The molecule has 0 bridgehead atoms. The second kappa shape index (κ2) is 7.76. The monoisotopic (exact) mass is 268 g/mol. The number of methoxy groups -OCH3 is 1. The molecule has 0 aromatic heterocycles. The number of aliphatic hydroxyl groups is 2. The van der Waals surface area contributed by atoms with Crippen molar-refractivity contribution in [1.29, 1.82) is 0 Å². The Morgan fingerprint density at radius 2 is 1.89 bits per heavy atom. The van der Waals surface area contributed by atoms with E-state index in [1.165, 1.54) is 0 Å². The molecule has 5 heteroatoms. The summed E-state index contributed by atoms with van der Waals surface area (Å²) in [4.78, 5) is 11.1.